The lowest BCUT2D eigenvalue weighted by molar-refractivity contribution is -0.119. The number of rotatable bonds is 10. The van der Waals surface area contributed by atoms with E-state index in [2.05, 4.69) is 109 Å². The van der Waals surface area contributed by atoms with Gasteiger partial charge in [-0.15, -0.1) is 0 Å². The maximum atomic E-state index is 14.0. The van der Waals surface area contributed by atoms with Crippen LogP contribution in [-0.4, -0.2) is 35.2 Å². The van der Waals surface area contributed by atoms with Crippen LogP contribution >= 0.6 is 7.26 Å². The van der Waals surface area contributed by atoms with Gasteiger partial charge in [0, 0.05) is 35.9 Å². The zero-order valence-corrected chi connectivity index (χ0v) is 29.0. The van der Waals surface area contributed by atoms with Gasteiger partial charge in [-0.05, 0) is 92.7 Å². The molecule has 0 saturated heterocycles. The molecule has 51 heavy (non-hydrogen) atoms. The molecule has 1 aliphatic heterocycles. The van der Waals surface area contributed by atoms with Crippen molar-refractivity contribution in [1.29, 1.82) is 0 Å². The van der Waals surface area contributed by atoms with Crippen molar-refractivity contribution in [3.05, 3.63) is 163 Å². The Labute approximate surface area is 297 Å². The highest BCUT2D eigenvalue weighted by molar-refractivity contribution is 7.95. The summed E-state index contributed by atoms with van der Waals surface area (Å²) in [5, 5.41) is 12.2. The second-order valence-corrected chi connectivity index (χ2v) is 17.1. The van der Waals surface area contributed by atoms with Crippen molar-refractivity contribution >= 4 is 83.9 Å². The molecular weight excluding hydrogens is 645 g/mol. The van der Waals surface area contributed by atoms with E-state index < -0.39 is 7.26 Å². The maximum Gasteiger partial charge on any atom is 0.261 e. The van der Waals surface area contributed by atoms with E-state index in [0.29, 0.717) is 24.0 Å². The van der Waals surface area contributed by atoms with Gasteiger partial charge in [0.05, 0.1) is 6.16 Å². The number of nitrogens with zero attached hydrogens (tertiary/aromatic N) is 1. The predicted octanol–water partition coefficient (Wildman–Crippen LogP) is 9.07. The second-order valence-electron chi connectivity index (χ2n) is 13.5. The molecule has 0 N–H and O–H groups in total. The standard InChI is InChI=1S/C46H35NO3P/c48-32(15-12-30-51(33-16-4-1-5-17-33,34-18-6-2-7-19-34)35-20-8-3-9-21-35)28-29-47-45(49)40-26-24-38-36-22-10-13-31-14-11-23-37(42(31)36)39-25-27-41(46(47)50)44(40)43(38)39/h1-11,13-14,16-27H,12,15,28-30H2/q+1. The Kier molecular flexibility index (Phi) is 7.71. The Bertz CT molecular complexity index is 2420. The third kappa shape index (κ3) is 4.97. The number of benzene rings is 8. The average Bonchev–Trinajstić information content (AvgIpc) is 3.19. The smallest absolute Gasteiger partial charge is 0.261 e. The number of ketones is 1. The number of fused-ring (bicyclic) bond motifs is 2. The van der Waals surface area contributed by atoms with Crippen LogP contribution in [0.25, 0.3) is 43.1 Å². The summed E-state index contributed by atoms with van der Waals surface area (Å²) in [6, 6.07) is 52.4. The van der Waals surface area contributed by atoms with Crippen molar-refractivity contribution in [2.24, 2.45) is 0 Å². The summed E-state index contributed by atoms with van der Waals surface area (Å²) in [7, 11) is -2.05. The Morgan fingerprint density at radius 3 is 1.43 bits per heavy atom. The van der Waals surface area contributed by atoms with Crippen molar-refractivity contribution in [2.75, 3.05) is 12.7 Å². The molecule has 0 aliphatic carbocycles. The summed E-state index contributed by atoms with van der Waals surface area (Å²) in [4.78, 5) is 42.8. The van der Waals surface area contributed by atoms with Crippen molar-refractivity contribution in [3.63, 3.8) is 0 Å². The number of Topliss-reactive ketones (excluding diaryl/α,β-unsaturated/α-hetero) is 1. The van der Waals surface area contributed by atoms with E-state index in [1.165, 1.54) is 31.6 Å². The highest BCUT2D eigenvalue weighted by atomic mass is 31.2. The van der Waals surface area contributed by atoms with Crippen LogP contribution in [0.2, 0.25) is 0 Å². The van der Waals surface area contributed by atoms with E-state index in [1.54, 1.807) is 0 Å². The van der Waals surface area contributed by atoms with Crippen LogP contribution in [-0.2, 0) is 4.79 Å². The highest BCUT2D eigenvalue weighted by Gasteiger charge is 2.44. The number of amides is 2. The molecular formula is C46H35NO3P+. The molecule has 1 aliphatic rings. The fourth-order valence-electron chi connectivity index (χ4n) is 8.43. The molecule has 9 rings (SSSR count). The van der Waals surface area contributed by atoms with E-state index in [4.69, 9.17) is 0 Å². The summed E-state index contributed by atoms with van der Waals surface area (Å²) in [5.41, 5.74) is 1.04. The van der Waals surface area contributed by atoms with E-state index >= 15 is 0 Å². The summed E-state index contributed by atoms with van der Waals surface area (Å²) >= 11 is 0. The minimum atomic E-state index is -2.05. The molecule has 0 fully saturated rings. The van der Waals surface area contributed by atoms with E-state index in [1.807, 2.05) is 42.5 Å². The van der Waals surface area contributed by atoms with Crippen molar-refractivity contribution < 1.29 is 14.4 Å². The fourth-order valence-corrected chi connectivity index (χ4v) is 12.8. The first-order chi connectivity index (χ1) is 25.1. The number of hydrogen-bond donors (Lipinski definition) is 0. The van der Waals surface area contributed by atoms with Crippen LogP contribution in [0.5, 0.6) is 0 Å². The second kappa shape index (κ2) is 12.6. The first-order valence-electron chi connectivity index (χ1n) is 17.6. The Morgan fingerprint density at radius 1 is 0.471 bits per heavy atom. The normalized spacial score (nSPS) is 13.2. The van der Waals surface area contributed by atoms with E-state index in [9.17, 15) is 14.4 Å². The first-order valence-corrected chi connectivity index (χ1v) is 19.6. The van der Waals surface area contributed by atoms with Gasteiger partial charge in [0.25, 0.3) is 11.8 Å². The molecule has 246 valence electrons. The van der Waals surface area contributed by atoms with Gasteiger partial charge in [-0.2, -0.15) is 0 Å². The lowest BCUT2D eigenvalue weighted by Gasteiger charge is -2.28. The molecule has 0 atom stereocenters. The van der Waals surface area contributed by atoms with Gasteiger partial charge in [0.1, 0.15) is 29.0 Å². The Hall–Kier alpha value is -5.70. The molecule has 0 bridgehead atoms. The summed E-state index contributed by atoms with van der Waals surface area (Å²) in [5.74, 6) is -0.602. The molecule has 0 unspecified atom stereocenters. The monoisotopic (exact) mass is 680 g/mol. The van der Waals surface area contributed by atoms with Gasteiger partial charge in [-0.25, -0.2) is 0 Å². The van der Waals surface area contributed by atoms with Crippen molar-refractivity contribution in [1.82, 2.24) is 4.90 Å². The Balaban J connectivity index is 0.977. The lowest BCUT2D eigenvalue weighted by Crippen LogP contribution is -2.41. The van der Waals surface area contributed by atoms with Crippen LogP contribution in [0.15, 0.2) is 152 Å². The minimum absolute atomic E-state index is 0.0589. The van der Waals surface area contributed by atoms with E-state index in [-0.39, 0.29) is 30.6 Å². The zero-order valence-electron chi connectivity index (χ0n) is 28.1. The molecule has 5 heteroatoms. The first kappa shape index (κ1) is 31.3. The summed E-state index contributed by atoms with van der Waals surface area (Å²) < 4.78 is 0. The molecule has 8 aromatic carbocycles. The topological polar surface area (TPSA) is 54.5 Å². The predicted molar refractivity (Wildman–Crippen MR) is 212 cm³/mol. The Morgan fingerprint density at radius 2 is 0.941 bits per heavy atom. The molecule has 0 radical (unpaired) electrons. The highest BCUT2D eigenvalue weighted by Crippen LogP contribution is 2.56. The molecule has 0 spiro atoms. The number of carbonyl (C=O) groups excluding carboxylic acids is 3. The van der Waals surface area contributed by atoms with Crippen molar-refractivity contribution in [3.8, 4) is 0 Å². The molecule has 8 aromatic rings. The van der Waals surface area contributed by atoms with Gasteiger partial charge in [0.2, 0.25) is 0 Å². The lowest BCUT2D eigenvalue weighted by atomic mass is 9.85. The van der Waals surface area contributed by atoms with Crippen molar-refractivity contribution in [2.45, 2.75) is 19.3 Å². The average molecular weight is 681 g/mol. The summed E-state index contributed by atoms with van der Waals surface area (Å²) in [6.45, 7) is 0.0689. The SMILES string of the molecule is O=C(CCC[P+](c1ccccc1)(c1ccccc1)c1ccccc1)CCN1C(=O)c2ccc3c4cccc5cccc(c6ccc(c2c36)C1=O)c54. The number of hydrogen-bond acceptors (Lipinski definition) is 3. The minimum Gasteiger partial charge on any atom is -0.300 e. The van der Waals surface area contributed by atoms with Gasteiger partial charge in [-0.3, -0.25) is 19.3 Å². The maximum absolute atomic E-state index is 14.0. The molecule has 1 heterocycles. The van der Waals surface area contributed by atoms with Crippen LogP contribution < -0.4 is 15.9 Å². The zero-order chi connectivity index (χ0) is 34.5. The largest absolute Gasteiger partial charge is 0.300 e. The quantitative estimate of drug-likeness (QED) is 0.0627. The van der Waals surface area contributed by atoms with E-state index in [0.717, 1.165) is 38.5 Å². The summed E-state index contributed by atoms with van der Waals surface area (Å²) in [6.07, 6.45) is 2.06. The van der Waals surface area contributed by atoms with Crippen LogP contribution in [0, 0.1) is 0 Å². The van der Waals surface area contributed by atoms with Gasteiger partial charge >= 0.3 is 0 Å². The number of imide groups is 1. The third-order valence-corrected chi connectivity index (χ3v) is 15.3. The van der Waals surface area contributed by atoms with Gasteiger partial charge < -0.3 is 0 Å². The number of carbonyl (C=O) groups is 3. The molecule has 0 saturated carbocycles. The molecule has 2 amide bonds. The molecule has 0 aromatic heterocycles. The third-order valence-electron chi connectivity index (χ3n) is 10.8. The van der Waals surface area contributed by atoms with Gasteiger partial charge in [0.15, 0.2) is 0 Å². The van der Waals surface area contributed by atoms with Crippen LogP contribution in [0.3, 0.4) is 0 Å². The van der Waals surface area contributed by atoms with Crippen LogP contribution in [0.4, 0.5) is 0 Å². The van der Waals surface area contributed by atoms with Crippen LogP contribution in [0.1, 0.15) is 40.0 Å². The molecule has 4 nitrogen and oxygen atoms in total. The fraction of sp³-hybridized carbons (Fsp3) is 0.109. The van der Waals surface area contributed by atoms with Gasteiger partial charge in [-0.1, -0.05) is 103 Å².